The highest BCUT2D eigenvalue weighted by Gasteiger charge is 2.20. The number of hydrogen-bond acceptors (Lipinski definition) is 5. The second kappa shape index (κ2) is 8.02. The molecule has 1 aromatic carbocycles. The van der Waals surface area contributed by atoms with Gasteiger partial charge in [0.1, 0.15) is 11.6 Å². The number of rotatable bonds is 7. The monoisotopic (exact) mass is 366 g/mol. The van der Waals surface area contributed by atoms with Gasteiger partial charge in [-0.25, -0.2) is 9.78 Å². The number of urea groups is 1. The summed E-state index contributed by atoms with van der Waals surface area (Å²) in [6, 6.07) is 5.79. The van der Waals surface area contributed by atoms with E-state index < -0.39 is 10.1 Å². The maximum Gasteiger partial charge on any atom is 0.356 e. The first kappa shape index (κ1) is 18.8. The minimum Gasteiger partial charge on any atom is -0.378 e. The summed E-state index contributed by atoms with van der Waals surface area (Å²) in [5, 5.41) is 5.17. The van der Waals surface area contributed by atoms with Gasteiger partial charge in [0.2, 0.25) is 0 Å². The van der Waals surface area contributed by atoms with Gasteiger partial charge >= 0.3 is 16.1 Å². The van der Waals surface area contributed by atoms with Crippen molar-refractivity contribution in [3.63, 3.8) is 0 Å². The summed E-state index contributed by atoms with van der Waals surface area (Å²) in [6.07, 6.45) is 2.04. The molecule has 3 N–H and O–H groups in total. The molecular formula is C16H22N4O4S. The van der Waals surface area contributed by atoms with Crippen molar-refractivity contribution >= 4 is 21.8 Å². The number of benzene rings is 1. The summed E-state index contributed by atoms with van der Waals surface area (Å²) in [4.78, 5) is 18.4. The van der Waals surface area contributed by atoms with Crippen LogP contribution in [-0.2, 0) is 10.1 Å². The summed E-state index contributed by atoms with van der Waals surface area (Å²) >= 11 is 0. The lowest BCUT2D eigenvalue weighted by Gasteiger charge is -2.09. The van der Waals surface area contributed by atoms with E-state index >= 15 is 0 Å². The average molecular weight is 366 g/mol. The van der Waals surface area contributed by atoms with Crippen molar-refractivity contribution in [3.05, 3.63) is 36.3 Å². The molecule has 1 aromatic heterocycles. The summed E-state index contributed by atoms with van der Waals surface area (Å²) < 4.78 is 29.8. The second-order valence-electron chi connectivity index (χ2n) is 5.73. The fraction of sp³-hybridized carbons (Fsp3) is 0.375. The maximum absolute atomic E-state index is 12.3. The average Bonchev–Trinajstić information content (AvgIpc) is 3.04. The number of imidazole rings is 1. The molecule has 1 heterocycles. The van der Waals surface area contributed by atoms with Crippen molar-refractivity contribution in [2.24, 2.45) is 0 Å². The Morgan fingerprint density at radius 3 is 2.76 bits per heavy atom. The Labute approximate surface area is 147 Å². The van der Waals surface area contributed by atoms with Gasteiger partial charge in [-0.3, -0.25) is 0 Å². The Morgan fingerprint density at radius 1 is 1.36 bits per heavy atom. The van der Waals surface area contributed by atoms with Crippen LogP contribution in [0.25, 0.3) is 0 Å². The number of aromatic nitrogens is 2. The molecule has 25 heavy (non-hydrogen) atoms. The fourth-order valence-electron chi connectivity index (χ4n) is 1.95. The van der Waals surface area contributed by atoms with Crippen LogP contribution in [0.3, 0.4) is 0 Å². The van der Waals surface area contributed by atoms with Crippen LogP contribution >= 0.6 is 0 Å². The number of aromatic amines is 1. The zero-order valence-corrected chi connectivity index (χ0v) is 15.2. The zero-order chi connectivity index (χ0) is 18.4. The molecule has 8 nitrogen and oxygen atoms in total. The van der Waals surface area contributed by atoms with Crippen molar-refractivity contribution in [2.45, 2.75) is 38.1 Å². The van der Waals surface area contributed by atoms with Gasteiger partial charge in [-0.05, 0) is 18.6 Å². The number of amides is 2. The number of nitrogens with zero attached hydrogens (tertiary/aromatic N) is 1. The molecule has 0 aliphatic rings. The summed E-state index contributed by atoms with van der Waals surface area (Å²) in [5.74, 6) is 0.720. The topological polar surface area (TPSA) is 113 Å². The minimum absolute atomic E-state index is 0.0677. The second-order valence-corrected chi connectivity index (χ2v) is 7.25. The predicted octanol–water partition coefficient (Wildman–Crippen LogP) is 2.83. The largest absolute Gasteiger partial charge is 0.378 e. The van der Waals surface area contributed by atoms with Crippen LogP contribution in [0.1, 0.15) is 38.9 Å². The van der Waals surface area contributed by atoms with E-state index in [0.717, 1.165) is 6.42 Å². The molecule has 136 valence electrons. The molecule has 0 saturated heterocycles. The predicted molar refractivity (Wildman–Crippen MR) is 94.2 cm³/mol. The fourth-order valence-corrected chi connectivity index (χ4v) is 2.81. The maximum atomic E-state index is 12.3. The Kier molecular flexibility index (Phi) is 6.02. The molecule has 2 aromatic rings. The number of carbonyl (C=O) groups excluding carboxylic acids is 1. The van der Waals surface area contributed by atoms with E-state index in [2.05, 4.69) is 20.6 Å². The van der Waals surface area contributed by atoms with Crippen molar-refractivity contribution in [1.29, 1.82) is 0 Å². The van der Waals surface area contributed by atoms with E-state index in [-0.39, 0.29) is 22.7 Å². The lowest BCUT2D eigenvalue weighted by atomic mass is 10.2. The van der Waals surface area contributed by atoms with Gasteiger partial charge in [0, 0.05) is 24.2 Å². The Morgan fingerprint density at radius 2 is 2.12 bits per heavy atom. The quantitative estimate of drug-likeness (QED) is 0.652. The first-order valence-electron chi connectivity index (χ1n) is 7.96. The van der Waals surface area contributed by atoms with Gasteiger partial charge < -0.3 is 19.8 Å². The normalized spacial score (nSPS) is 11.4. The lowest BCUT2D eigenvalue weighted by molar-refractivity contribution is 0.252. The van der Waals surface area contributed by atoms with E-state index in [0.29, 0.717) is 18.1 Å². The van der Waals surface area contributed by atoms with Gasteiger partial charge in [-0.15, -0.1) is 0 Å². The molecule has 2 rings (SSSR count). The molecule has 0 bridgehead atoms. The standard InChI is InChI=1S/C16H22N4O4S/c1-4-8-17-16(21)19-12-6-5-7-13(9-12)24-25(22,23)14-10-18-15(20-14)11(2)3/h5-7,9-11H,4,8H2,1-3H3,(H,18,20)(H2,17,19,21). The van der Waals surface area contributed by atoms with Crippen LogP contribution in [0.5, 0.6) is 5.75 Å². The summed E-state index contributed by atoms with van der Waals surface area (Å²) in [6.45, 7) is 6.29. The number of carbonyl (C=O) groups is 1. The molecule has 0 aliphatic carbocycles. The van der Waals surface area contributed by atoms with Crippen LogP contribution in [0.2, 0.25) is 0 Å². The highest BCUT2D eigenvalue weighted by molar-refractivity contribution is 7.87. The van der Waals surface area contributed by atoms with Gasteiger partial charge in [-0.2, -0.15) is 8.42 Å². The smallest absolute Gasteiger partial charge is 0.356 e. The number of hydrogen-bond donors (Lipinski definition) is 3. The highest BCUT2D eigenvalue weighted by atomic mass is 32.2. The molecule has 0 atom stereocenters. The SMILES string of the molecule is CCCNC(=O)Nc1cccc(OS(=O)(=O)c2cnc(C(C)C)[nH]2)c1. The van der Waals surface area contributed by atoms with Gasteiger partial charge in [0.25, 0.3) is 0 Å². The number of anilines is 1. The molecular weight excluding hydrogens is 344 g/mol. The Hall–Kier alpha value is -2.55. The Bertz CT molecular complexity index is 830. The molecule has 0 radical (unpaired) electrons. The summed E-state index contributed by atoms with van der Waals surface area (Å²) in [5.41, 5.74) is 0.425. The summed E-state index contributed by atoms with van der Waals surface area (Å²) in [7, 11) is -4.03. The Balaban J connectivity index is 2.11. The van der Waals surface area contributed by atoms with Crippen LogP contribution in [-0.4, -0.2) is 31.0 Å². The van der Waals surface area contributed by atoms with Crippen molar-refractivity contribution in [1.82, 2.24) is 15.3 Å². The van der Waals surface area contributed by atoms with Crippen molar-refractivity contribution in [3.8, 4) is 5.75 Å². The zero-order valence-electron chi connectivity index (χ0n) is 14.4. The molecule has 0 aliphatic heterocycles. The molecule has 9 heteroatoms. The minimum atomic E-state index is -4.03. The third-order valence-electron chi connectivity index (χ3n) is 3.22. The molecule has 0 fully saturated rings. The van der Waals surface area contributed by atoms with E-state index in [1.165, 1.54) is 18.3 Å². The third-order valence-corrected chi connectivity index (χ3v) is 4.38. The van der Waals surface area contributed by atoms with Crippen LogP contribution in [0.15, 0.2) is 35.5 Å². The van der Waals surface area contributed by atoms with Crippen LogP contribution in [0.4, 0.5) is 10.5 Å². The van der Waals surface area contributed by atoms with Gasteiger partial charge in [-0.1, -0.05) is 26.8 Å². The molecule has 0 saturated carbocycles. The number of nitrogens with one attached hydrogen (secondary N) is 3. The first-order chi connectivity index (χ1) is 11.8. The van der Waals surface area contributed by atoms with Crippen LogP contribution in [0, 0.1) is 0 Å². The highest BCUT2D eigenvalue weighted by Crippen LogP contribution is 2.22. The van der Waals surface area contributed by atoms with Gasteiger partial charge in [0.15, 0.2) is 5.03 Å². The van der Waals surface area contributed by atoms with Crippen molar-refractivity contribution < 1.29 is 17.4 Å². The lowest BCUT2D eigenvalue weighted by Crippen LogP contribution is -2.29. The van der Waals surface area contributed by atoms with Crippen LogP contribution < -0.4 is 14.8 Å². The van der Waals surface area contributed by atoms with E-state index in [4.69, 9.17) is 4.18 Å². The first-order valence-corrected chi connectivity index (χ1v) is 9.37. The van der Waals surface area contributed by atoms with E-state index in [1.807, 2.05) is 20.8 Å². The van der Waals surface area contributed by atoms with Crippen molar-refractivity contribution in [2.75, 3.05) is 11.9 Å². The number of H-pyrrole nitrogens is 1. The molecule has 0 spiro atoms. The third kappa shape index (κ3) is 5.21. The van der Waals surface area contributed by atoms with E-state index in [1.54, 1.807) is 12.1 Å². The van der Waals surface area contributed by atoms with E-state index in [9.17, 15) is 13.2 Å². The molecule has 0 unspecified atom stereocenters. The van der Waals surface area contributed by atoms with Gasteiger partial charge in [0.05, 0.1) is 6.20 Å². The molecule has 2 amide bonds.